The number of carbonyl (C=O) groups is 2. The van der Waals surface area contributed by atoms with Gasteiger partial charge >= 0.3 is 5.97 Å². The number of esters is 1. The third-order valence-electron chi connectivity index (χ3n) is 14.1. The van der Waals surface area contributed by atoms with Gasteiger partial charge in [0.25, 0.3) is 0 Å². The lowest BCUT2D eigenvalue weighted by Gasteiger charge is -2.22. The molecule has 0 radical (unpaired) electrons. The maximum atomic E-state index is 12.5. The standard InChI is InChI=1S/C60H117NO5/c1-3-5-7-9-11-13-15-17-19-21-22-23-25-30-34-38-42-46-50-54-60(65)66-55-51-47-43-39-35-31-27-26-29-33-37-41-45-49-53-59(64)61-57(56-62)58(63)52-48-44-40-36-32-28-24-20-18-16-14-12-10-8-6-4-2/h17,19,57-58,62-63H,3-16,18,20-56H2,1-2H3,(H,61,64)/b19-17-. The fourth-order valence-corrected chi connectivity index (χ4v) is 9.46. The predicted octanol–water partition coefficient (Wildman–Crippen LogP) is 18.5. The number of ether oxygens (including phenoxy) is 1. The number of rotatable bonds is 56. The molecule has 0 aromatic carbocycles. The Labute approximate surface area is 412 Å². The zero-order chi connectivity index (χ0) is 47.9. The molecule has 0 saturated heterocycles. The highest BCUT2D eigenvalue weighted by Crippen LogP contribution is 2.18. The van der Waals surface area contributed by atoms with Gasteiger partial charge in [-0.3, -0.25) is 9.59 Å². The van der Waals surface area contributed by atoms with E-state index in [1.165, 1.54) is 250 Å². The van der Waals surface area contributed by atoms with Crippen LogP contribution < -0.4 is 5.32 Å². The van der Waals surface area contributed by atoms with Crippen LogP contribution in [0.3, 0.4) is 0 Å². The summed E-state index contributed by atoms with van der Waals surface area (Å²) >= 11 is 0. The Balaban J connectivity index is 3.41. The summed E-state index contributed by atoms with van der Waals surface area (Å²) in [5.74, 6) is -0.0445. The summed E-state index contributed by atoms with van der Waals surface area (Å²) in [6.07, 6.45) is 66.3. The first kappa shape index (κ1) is 64.6. The van der Waals surface area contributed by atoms with Crippen molar-refractivity contribution in [1.29, 1.82) is 0 Å². The molecule has 3 N–H and O–H groups in total. The minimum absolute atomic E-state index is 0.00168. The molecule has 0 rings (SSSR count). The fourth-order valence-electron chi connectivity index (χ4n) is 9.46. The minimum Gasteiger partial charge on any atom is -0.466 e. The molecule has 6 heteroatoms. The third-order valence-corrected chi connectivity index (χ3v) is 14.1. The molecule has 0 saturated carbocycles. The Morgan fingerprint density at radius 3 is 1.08 bits per heavy atom. The van der Waals surface area contributed by atoms with Crippen molar-refractivity contribution < 1.29 is 24.5 Å². The van der Waals surface area contributed by atoms with Crippen molar-refractivity contribution in [2.75, 3.05) is 13.2 Å². The van der Waals surface area contributed by atoms with Gasteiger partial charge in [0.05, 0.1) is 25.4 Å². The number of hydrogen-bond donors (Lipinski definition) is 3. The van der Waals surface area contributed by atoms with E-state index in [1.807, 2.05) is 0 Å². The van der Waals surface area contributed by atoms with Crippen LogP contribution in [-0.4, -0.2) is 47.4 Å². The lowest BCUT2D eigenvalue weighted by Crippen LogP contribution is -2.45. The molecule has 6 nitrogen and oxygen atoms in total. The van der Waals surface area contributed by atoms with Gasteiger partial charge in [-0.2, -0.15) is 0 Å². The van der Waals surface area contributed by atoms with Crippen molar-refractivity contribution in [2.45, 2.75) is 347 Å². The second kappa shape index (κ2) is 56.2. The molecule has 0 aliphatic heterocycles. The van der Waals surface area contributed by atoms with E-state index in [9.17, 15) is 19.8 Å². The van der Waals surface area contributed by atoms with Crippen LogP contribution in [0.25, 0.3) is 0 Å². The van der Waals surface area contributed by atoms with E-state index in [2.05, 4.69) is 31.3 Å². The van der Waals surface area contributed by atoms with Crippen molar-refractivity contribution in [2.24, 2.45) is 0 Å². The van der Waals surface area contributed by atoms with Gasteiger partial charge in [0.1, 0.15) is 0 Å². The van der Waals surface area contributed by atoms with Crippen LogP contribution >= 0.6 is 0 Å². The molecule has 0 aliphatic carbocycles. The number of hydrogen-bond acceptors (Lipinski definition) is 5. The third kappa shape index (κ3) is 52.0. The molecule has 66 heavy (non-hydrogen) atoms. The zero-order valence-corrected chi connectivity index (χ0v) is 44.7. The van der Waals surface area contributed by atoms with Crippen LogP contribution in [-0.2, 0) is 14.3 Å². The van der Waals surface area contributed by atoms with Crippen LogP contribution in [0.15, 0.2) is 12.2 Å². The Hall–Kier alpha value is -1.40. The number of nitrogens with one attached hydrogen (secondary N) is 1. The topological polar surface area (TPSA) is 95.9 Å². The van der Waals surface area contributed by atoms with Crippen molar-refractivity contribution in [3.05, 3.63) is 12.2 Å². The Morgan fingerprint density at radius 2 is 0.712 bits per heavy atom. The number of unbranched alkanes of at least 4 members (excludes halogenated alkanes) is 43. The van der Waals surface area contributed by atoms with Crippen LogP contribution in [0.1, 0.15) is 335 Å². The molecule has 1 amide bonds. The van der Waals surface area contributed by atoms with Gasteiger partial charge in [0.15, 0.2) is 0 Å². The van der Waals surface area contributed by atoms with Crippen molar-refractivity contribution >= 4 is 11.9 Å². The fraction of sp³-hybridized carbons (Fsp3) is 0.933. The monoisotopic (exact) mass is 932 g/mol. The maximum Gasteiger partial charge on any atom is 0.305 e. The summed E-state index contributed by atoms with van der Waals surface area (Å²) < 4.78 is 5.49. The van der Waals surface area contributed by atoms with Crippen LogP contribution in [0.5, 0.6) is 0 Å². The molecule has 0 aliphatic rings. The van der Waals surface area contributed by atoms with Crippen LogP contribution in [0, 0.1) is 0 Å². The summed E-state index contributed by atoms with van der Waals surface area (Å²) in [6, 6.07) is -0.549. The van der Waals surface area contributed by atoms with Crippen molar-refractivity contribution in [3.8, 4) is 0 Å². The Bertz CT molecular complexity index is 986. The molecule has 0 aromatic heterocycles. The minimum atomic E-state index is -0.671. The molecular weight excluding hydrogens is 815 g/mol. The van der Waals surface area contributed by atoms with E-state index in [0.717, 1.165) is 51.4 Å². The number of amides is 1. The van der Waals surface area contributed by atoms with Crippen molar-refractivity contribution in [1.82, 2.24) is 5.32 Å². The van der Waals surface area contributed by atoms with E-state index in [-0.39, 0.29) is 18.5 Å². The first-order valence-corrected chi connectivity index (χ1v) is 29.9. The summed E-state index contributed by atoms with van der Waals surface area (Å²) in [5.41, 5.74) is 0. The zero-order valence-electron chi connectivity index (χ0n) is 44.7. The van der Waals surface area contributed by atoms with E-state index in [1.54, 1.807) is 0 Å². The quantitative estimate of drug-likeness (QED) is 0.0321. The van der Waals surface area contributed by atoms with Gasteiger partial charge in [-0.1, -0.05) is 283 Å². The van der Waals surface area contributed by atoms with E-state index < -0.39 is 12.1 Å². The summed E-state index contributed by atoms with van der Waals surface area (Å²) in [7, 11) is 0. The average molecular weight is 933 g/mol. The largest absolute Gasteiger partial charge is 0.466 e. The van der Waals surface area contributed by atoms with Gasteiger partial charge in [-0.25, -0.2) is 0 Å². The van der Waals surface area contributed by atoms with E-state index in [0.29, 0.717) is 25.9 Å². The molecule has 0 bridgehead atoms. The maximum absolute atomic E-state index is 12.5. The molecule has 2 atom stereocenters. The van der Waals surface area contributed by atoms with E-state index in [4.69, 9.17) is 4.74 Å². The summed E-state index contributed by atoms with van der Waals surface area (Å²) in [5, 5.41) is 23.3. The lowest BCUT2D eigenvalue weighted by molar-refractivity contribution is -0.143. The number of aliphatic hydroxyl groups is 2. The smallest absolute Gasteiger partial charge is 0.305 e. The highest BCUT2D eigenvalue weighted by Gasteiger charge is 2.20. The second-order valence-corrected chi connectivity index (χ2v) is 20.7. The van der Waals surface area contributed by atoms with Gasteiger partial charge in [0, 0.05) is 12.8 Å². The summed E-state index contributed by atoms with van der Waals surface area (Å²) in [6.45, 7) is 4.95. The van der Waals surface area contributed by atoms with Gasteiger partial charge in [-0.05, 0) is 51.4 Å². The molecular formula is C60H117NO5. The molecule has 0 spiro atoms. The number of carbonyl (C=O) groups excluding carboxylic acids is 2. The first-order valence-electron chi connectivity index (χ1n) is 29.9. The van der Waals surface area contributed by atoms with Gasteiger partial charge < -0.3 is 20.3 Å². The molecule has 2 unspecified atom stereocenters. The molecule has 392 valence electrons. The van der Waals surface area contributed by atoms with E-state index >= 15 is 0 Å². The second-order valence-electron chi connectivity index (χ2n) is 20.7. The van der Waals surface area contributed by atoms with Gasteiger partial charge in [0.2, 0.25) is 5.91 Å². The van der Waals surface area contributed by atoms with Crippen molar-refractivity contribution in [3.63, 3.8) is 0 Å². The Morgan fingerprint density at radius 1 is 0.409 bits per heavy atom. The average Bonchev–Trinajstić information content (AvgIpc) is 3.32. The number of allylic oxidation sites excluding steroid dienone is 2. The SMILES string of the molecule is CCCCCCCC/C=C\CCCCCCCCCCCC(=O)OCCCCCCCCCCCCCCCCC(=O)NC(CO)C(O)CCCCCCCCCCCCCCCCCC. The first-order chi connectivity index (χ1) is 32.5. The lowest BCUT2D eigenvalue weighted by atomic mass is 10.0. The highest BCUT2D eigenvalue weighted by atomic mass is 16.5. The summed E-state index contributed by atoms with van der Waals surface area (Å²) in [4.78, 5) is 24.6. The molecule has 0 fully saturated rings. The normalized spacial score (nSPS) is 12.6. The van der Waals surface area contributed by atoms with Crippen LogP contribution in [0.4, 0.5) is 0 Å². The molecule has 0 aromatic rings. The predicted molar refractivity (Wildman–Crippen MR) is 287 cm³/mol. The molecule has 0 heterocycles. The number of aliphatic hydroxyl groups excluding tert-OH is 2. The Kier molecular flexibility index (Phi) is 55.0. The van der Waals surface area contributed by atoms with Gasteiger partial charge in [-0.15, -0.1) is 0 Å². The van der Waals surface area contributed by atoms with Crippen LogP contribution in [0.2, 0.25) is 0 Å². The highest BCUT2D eigenvalue weighted by molar-refractivity contribution is 5.76.